The molecule has 0 atom stereocenters. The van der Waals surface area contributed by atoms with E-state index in [1.807, 2.05) is 0 Å². The van der Waals surface area contributed by atoms with Gasteiger partial charge in [-0.05, 0) is 55.7 Å². The first kappa shape index (κ1) is 12.3. The van der Waals surface area contributed by atoms with Crippen molar-refractivity contribution >= 4 is 11.6 Å². The van der Waals surface area contributed by atoms with E-state index in [0.717, 1.165) is 31.4 Å². The molecule has 0 fully saturated rings. The summed E-state index contributed by atoms with van der Waals surface area (Å²) in [5, 5.41) is 0. The molecular weight excluding hydrogens is 234 g/mol. The highest BCUT2D eigenvalue weighted by atomic mass is 16.1. The van der Waals surface area contributed by atoms with Crippen molar-refractivity contribution in [1.82, 2.24) is 0 Å². The minimum Gasteiger partial charge on any atom is -0.272 e. The third kappa shape index (κ3) is 2.53. The van der Waals surface area contributed by atoms with Crippen molar-refractivity contribution in [3.05, 3.63) is 46.5 Å². The first-order chi connectivity index (χ1) is 9.24. The minimum absolute atomic E-state index is 0.0560. The average Bonchev–Trinajstić information content (AvgIpc) is 2.85. The Morgan fingerprint density at radius 2 is 2.00 bits per heavy atom. The van der Waals surface area contributed by atoms with E-state index in [1.165, 1.54) is 28.7 Å². The highest BCUT2D eigenvalue weighted by molar-refractivity contribution is 6.10. The third-order valence-corrected chi connectivity index (χ3v) is 4.20. The number of nitrogens with zero attached hydrogens (tertiary/aromatic N) is 1. The van der Waals surface area contributed by atoms with E-state index < -0.39 is 0 Å². The molecule has 2 heteroatoms. The van der Waals surface area contributed by atoms with E-state index in [4.69, 9.17) is 0 Å². The van der Waals surface area contributed by atoms with Gasteiger partial charge in [0.15, 0.2) is 0 Å². The van der Waals surface area contributed by atoms with Gasteiger partial charge < -0.3 is 0 Å². The van der Waals surface area contributed by atoms with Crippen LogP contribution in [0.5, 0.6) is 0 Å². The Kier molecular flexibility index (Phi) is 3.33. The molecule has 1 amide bonds. The Morgan fingerprint density at radius 3 is 2.84 bits per heavy atom. The van der Waals surface area contributed by atoms with Crippen molar-refractivity contribution in [2.24, 2.45) is 4.99 Å². The van der Waals surface area contributed by atoms with Crippen LogP contribution in [0.4, 0.5) is 0 Å². The number of amides is 1. The fourth-order valence-corrected chi connectivity index (χ4v) is 3.14. The molecule has 0 spiro atoms. The molecule has 2 aliphatic rings. The number of hydrogen-bond donors (Lipinski definition) is 0. The molecule has 1 heterocycles. The van der Waals surface area contributed by atoms with E-state index in [9.17, 15) is 4.79 Å². The summed E-state index contributed by atoms with van der Waals surface area (Å²) in [6.45, 7) is 2.14. The predicted octanol–water partition coefficient (Wildman–Crippen LogP) is 3.78. The van der Waals surface area contributed by atoms with Gasteiger partial charge in [-0.2, -0.15) is 0 Å². The van der Waals surface area contributed by atoms with E-state index in [-0.39, 0.29) is 5.91 Å². The summed E-state index contributed by atoms with van der Waals surface area (Å²) in [5.41, 5.74) is 6.51. The molecule has 19 heavy (non-hydrogen) atoms. The molecule has 3 rings (SSSR count). The lowest BCUT2D eigenvalue weighted by Gasteiger charge is -2.15. The molecule has 98 valence electrons. The lowest BCUT2D eigenvalue weighted by Crippen LogP contribution is -2.14. The zero-order chi connectivity index (χ0) is 13.2. The Labute approximate surface area is 114 Å². The Balaban J connectivity index is 1.76. The lowest BCUT2D eigenvalue weighted by atomic mass is 9.94. The highest BCUT2D eigenvalue weighted by Crippen LogP contribution is 2.33. The lowest BCUT2D eigenvalue weighted by molar-refractivity contribution is -0.117. The highest BCUT2D eigenvalue weighted by Gasteiger charge is 2.25. The number of carbonyl (C=O) groups is 1. The summed E-state index contributed by atoms with van der Waals surface area (Å²) in [7, 11) is 0. The van der Waals surface area contributed by atoms with Crippen LogP contribution in [0.2, 0.25) is 0 Å². The summed E-state index contributed by atoms with van der Waals surface area (Å²) in [6, 6.07) is 8.46. The maximum atomic E-state index is 11.7. The average molecular weight is 253 g/mol. The molecule has 1 aliphatic carbocycles. The molecule has 0 saturated carbocycles. The maximum absolute atomic E-state index is 11.7. The quantitative estimate of drug-likeness (QED) is 0.806. The van der Waals surface area contributed by atoms with Crippen molar-refractivity contribution in [2.45, 2.75) is 45.4 Å². The third-order valence-electron chi connectivity index (χ3n) is 4.20. The van der Waals surface area contributed by atoms with Crippen molar-refractivity contribution in [3.63, 3.8) is 0 Å². The van der Waals surface area contributed by atoms with Gasteiger partial charge in [0.1, 0.15) is 0 Å². The first-order valence-corrected chi connectivity index (χ1v) is 7.10. The SMILES string of the molecule is Cc1ccccc1CCC1=NC(=O)CC2=C1CCC2. The summed E-state index contributed by atoms with van der Waals surface area (Å²) in [4.78, 5) is 16.0. The van der Waals surface area contributed by atoms with Crippen LogP contribution in [0.3, 0.4) is 0 Å². The minimum atomic E-state index is 0.0560. The van der Waals surface area contributed by atoms with Crippen LogP contribution in [0.1, 0.15) is 43.2 Å². The second-order valence-electron chi connectivity index (χ2n) is 5.49. The van der Waals surface area contributed by atoms with Crippen LogP contribution >= 0.6 is 0 Å². The van der Waals surface area contributed by atoms with E-state index >= 15 is 0 Å². The largest absolute Gasteiger partial charge is 0.272 e. The van der Waals surface area contributed by atoms with Crippen LogP contribution in [0.15, 0.2) is 40.4 Å². The molecule has 0 bridgehead atoms. The molecule has 1 aliphatic heterocycles. The smallest absolute Gasteiger partial charge is 0.250 e. The Bertz CT molecular complexity index is 581. The molecule has 0 saturated heterocycles. The molecular formula is C17H19NO. The Hall–Kier alpha value is -1.70. The number of rotatable bonds is 3. The van der Waals surface area contributed by atoms with Gasteiger partial charge in [0, 0.05) is 5.71 Å². The fraction of sp³-hybridized carbons (Fsp3) is 0.412. The van der Waals surface area contributed by atoms with Crippen LogP contribution in [-0.2, 0) is 11.2 Å². The number of hydrogen-bond acceptors (Lipinski definition) is 1. The van der Waals surface area contributed by atoms with E-state index in [0.29, 0.717) is 6.42 Å². The molecule has 2 nitrogen and oxygen atoms in total. The van der Waals surface area contributed by atoms with Crippen molar-refractivity contribution < 1.29 is 4.79 Å². The van der Waals surface area contributed by atoms with Gasteiger partial charge in [-0.25, -0.2) is 4.99 Å². The Morgan fingerprint density at radius 1 is 1.16 bits per heavy atom. The molecule has 0 unspecified atom stereocenters. The van der Waals surface area contributed by atoms with Gasteiger partial charge in [0.2, 0.25) is 5.91 Å². The predicted molar refractivity (Wildman–Crippen MR) is 77.4 cm³/mol. The van der Waals surface area contributed by atoms with Gasteiger partial charge in [-0.15, -0.1) is 0 Å². The number of dihydropyridines is 1. The zero-order valence-electron chi connectivity index (χ0n) is 11.4. The standard InChI is InChI=1S/C17H19NO/c1-12-5-2-3-6-13(12)9-10-16-15-8-4-7-14(15)11-17(19)18-16/h2-3,5-6H,4,7-11H2,1H3. The molecule has 0 aromatic heterocycles. The maximum Gasteiger partial charge on any atom is 0.250 e. The summed E-state index contributed by atoms with van der Waals surface area (Å²) < 4.78 is 0. The van der Waals surface area contributed by atoms with Crippen molar-refractivity contribution in [2.75, 3.05) is 0 Å². The van der Waals surface area contributed by atoms with Crippen LogP contribution in [0.25, 0.3) is 0 Å². The summed E-state index contributed by atoms with van der Waals surface area (Å²) >= 11 is 0. The number of benzene rings is 1. The van der Waals surface area contributed by atoms with E-state index in [2.05, 4.69) is 36.2 Å². The second kappa shape index (κ2) is 5.12. The first-order valence-electron chi connectivity index (χ1n) is 7.10. The van der Waals surface area contributed by atoms with Crippen LogP contribution in [-0.4, -0.2) is 11.6 Å². The summed E-state index contributed by atoms with van der Waals surface area (Å²) in [5.74, 6) is 0.0560. The topological polar surface area (TPSA) is 29.4 Å². The number of aliphatic imine (C=N–C) groups is 1. The molecule has 1 aromatic carbocycles. The van der Waals surface area contributed by atoms with Crippen molar-refractivity contribution in [1.29, 1.82) is 0 Å². The molecule has 0 radical (unpaired) electrons. The van der Waals surface area contributed by atoms with Crippen molar-refractivity contribution in [3.8, 4) is 0 Å². The molecule has 1 aromatic rings. The second-order valence-corrected chi connectivity index (χ2v) is 5.49. The number of carbonyl (C=O) groups excluding carboxylic acids is 1. The van der Waals surface area contributed by atoms with Crippen LogP contribution < -0.4 is 0 Å². The van der Waals surface area contributed by atoms with Gasteiger partial charge in [-0.1, -0.05) is 29.8 Å². The van der Waals surface area contributed by atoms with Gasteiger partial charge in [-0.3, -0.25) is 4.79 Å². The monoisotopic (exact) mass is 253 g/mol. The van der Waals surface area contributed by atoms with Crippen LogP contribution in [0, 0.1) is 6.92 Å². The zero-order valence-corrected chi connectivity index (χ0v) is 11.4. The van der Waals surface area contributed by atoms with Gasteiger partial charge in [0.05, 0.1) is 6.42 Å². The van der Waals surface area contributed by atoms with Gasteiger partial charge >= 0.3 is 0 Å². The summed E-state index contributed by atoms with van der Waals surface area (Å²) in [6.07, 6.45) is 5.87. The van der Waals surface area contributed by atoms with Gasteiger partial charge in [0.25, 0.3) is 0 Å². The molecule has 0 N–H and O–H groups in total. The fourth-order valence-electron chi connectivity index (χ4n) is 3.14. The number of allylic oxidation sites excluding steroid dienone is 1. The normalized spacial score (nSPS) is 18.6. The number of aryl methyl sites for hydroxylation is 2. The van der Waals surface area contributed by atoms with E-state index in [1.54, 1.807) is 0 Å².